The van der Waals surface area contributed by atoms with Crippen molar-refractivity contribution < 1.29 is 4.57 Å². The minimum absolute atomic E-state index is 0.994. The maximum absolute atomic E-state index is 5.57. The van der Waals surface area contributed by atoms with Crippen LogP contribution < -0.4 is 4.57 Å². The van der Waals surface area contributed by atoms with Crippen molar-refractivity contribution in [3.63, 3.8) is 0 Å². The van der Waals surface area contributed by atoms with Crippen molar-refractivity contribution in [2.75, 3.05) is 0 Å². The minimum atomic E-state index is -0.994. The largest absolute Gasteiger partial charge is 0.331 e. The second-order valence-corrected chi connectivity index (χ2v) is 5.15. The summed E-state index contributed by atoms with van der Waals surface area (Å²) in [4.78, 5) is 0. The summed E-state index contributed by atoms with van der Waals surface area (Å²) in [5.41, 5.74) is 0. The Hall–Kier alpha value is 0.0300. The Morgan fingerprint density at radius 2 is 1.70 bits per heavy atom. The van der Waals surface area contributed by atoms with Gasteiger partial charge in [0.05, 0.1) is 12.4 Å². The summed E-state index contributed by atoms with van der Waals surface area (Å²) in [7, 11) is 0. The Morgan fingerprint density at radius 1 is 1.10 bits per heavy atom. The molecule has 1 nitrogen and oxygen atoms in total. The van der Waals surface area contributed by atoms with Gasteiger partial charge in [-0.1, -0.05) is 40.7 Å². The van der Waals surface area contributed by atoms with E-state index in [0.717, 1.165) is 0 Å². The molecule has 0 fully saturated rings. The lowest BCUT2D eigenvalue weighted by Crippen LogP contribution is -2.27. The molecule has 0 aliphatic carbocycles. The molecule has 4 heteroatoms. The van der Waals surface area contributed by atoms with Gasteiger partial charge in [-0.3, -0.25) is 0 Å². The second-order valence-electron chi connectivity index (χ2n) is 1.70. The van der Waals surface area contributed by atoms with E-state index in [1.165, 1.54) is 0 Å². The molecular formula is C6H6Cl2NP. The summed E-state index contributed by atoms with van der Waals surface area (Å²) < 4.78 is 1.84. The van der Waals surface area contributed by atoms with E-state index < -0.39 is 6.63 Å². The highest BCUT2D eigenvalue weighted by molar-refractivity contribution is 8.05. The van der Waals surface area contributed by atoms with Crippen LogP contribution in [0.25, 0.3) is 0 Å². The number of rotatable bonds is 2. The zero-order valence-electron chi connectivity index (χ0n) is 5.11. The highest BCUT2D eigenvalue weighted by Crippen LogP contribution is 2.47. The van der Waals surface area contributed by atoms with Crippen LogP contribution in [0.2, 0.25) is 0 Å². The molecule has 54 valence electrons. The smallest absolute Gasteiger partial charge is 0.117 e. The predicted molar refractivity (Wildman–Crippen MR) is 45.0 cm³/mol. The van der Waals surface area contributed by atoms with Gasteiger partial charge in [-0.2, -0.15) is 0 Å². The minimum Gasteiger partial charge on any atom is -0.331 e. The molecule has 10 heavy (non-hydrogen) atoms. The fourth-order valence-corrected chi connectivity index (χ4v) is 1.55. The summed E-state index contributed by atoms with van der Waals surface area (Å²) in [5, 5.41) is 0. The molecule has 0 spiro atoms. The lowest BCUT2D eigenvalue weighted by atomic mass is 10.5. The van der Waals surface area contributed by atoms with E-state index >= 15 is 0 Å². The number of hydrogen-bond acceptors (Lipinski definition) is 0. The molecule has 0 amide bonds. The third-order valence-electron chi connectivity index (χ3n) is 0.959. The molecule has 0 aliphatic rings. The summed E-state index contributed by atoms with van der Waals surface area (Å²) in [6.45, 7) is -0.994. The SMILES string of the molecule is ClP(Cl)[CH-][n+]1ccccc1. The van der Waals surface area contributed by atoms with Crippen molar-refractivity contribution in [3.8, 4) is 0 Å². The Kier molecular flexibility index (Phi) is 3.27. The van der Waals surface area contributed by atoms with Gasteiger partial charge in [0.15, 0.2) is 0 Å². The molecule has 1 rings (SSSR count). The Balaban J connectivity index is 2.59. The fourth-order valence-electron chi connectivity index (χ4n) is 0.590. The molecule has 1 aromatic rings. The third-order valence-corrected chi connectivity index (χ3v) is 1.92. The molecule has 0 unspecified atom stereocenters. The van der Waals surface area contributed by atoms with Crippen LogP contribution in [0.15, 0.2) is 30.6 Å². The van der Waals surface area contributed by atoms with Crippen molar-refractivity contribution in [2.45, 2.75) is 0 Å². The van der Waals surface area contributed by atoms with Crippen LogP contribution in [0.3, 0.4) is 0 Å². The number of halogens is 2. The van der Waals surface area contributed by atoms with Crippen molar-refractivity contribution >= 4 is 29.1 Å². The standard InChI is InChI=1S/C6H6Cl2NP/c7-10(8)6-9-4-2-1-3-5-9/h1-6H. The van der Waals surface area contributed by atoms with Gasteiger partial charge in [0, 0.05) is 0 Å². The third kappa shape index (κ3) is 2.74. The van der Waals surface area contributed by atoms with Crippen LogP contribution in [-0.2, 0) is 0 Å². The first kappa shape index (κ1) is 8.13. The van der Waals surface area contributed by atoms with Crippen LogP contribution in [0, 0.1) is 6.29 Å². The Labute approximate surface area is 70.9 Å². The van der Waals surface area contributed by atoms with Gasteiger partial charge in [0.1, 0.15) is 12.9 Å². The van der Waals surface area contributed by atoms with E-state index in [9.17, 15) is 0 Å². The fraction of sp³-hybridized carbons (Fsp3) is 0. The van der Waals surface area contributed by atoms with Gasteiger partial charge in [-0.15, -0.1) is 0 Å². The van der Waals surface area contributed by atoms with Gasteiger partial charge in [0.25, 0.3) is 0 Å². The molecule has 0 bridgehead atoms. The molecule has 0 radical (unpaired) electrons. The first-order valence-electron chi connectivity index (χ1n) is 2.70. The van der Waals surface area contributed by atoms with E-state index in [1.54, 1.807) is 6.29 Å². The van der Waals surface area contributed by atoms with E-state index in [2.05, 4.69) is 0 Å². The zero-order chi connectivity index (χ0) is 7.40. The number of pyridine rings is 1. The van der Waals surface area contributed by atoms with Crippen LogP contribution in [0.4, 0.5) is 0 Å². The van der Waals surface area contributed by atoms with Crippen molar-refractivity contribution in [1.29, 1.82) is 0 Å². The Bertz CT molecular complexity index is 190. The number of aromatic nitrogens is 1. The zero-order valence-corrected chi connectivity index (χ0v) is 7.52. The molecule has 1 heterocycles. The van der Waals surface area contributed by atoms with Gasteiger partial charge >= 0.3 is 0 Å². The molecule has 0 atom stereocenters. The molecule has 1 aromatic heterocycles. The van der Waals surface area contributed by atoms with E-state index in [-0.39, 0.29) is 0 Å². The van der Waals surface area contributed by atoms with Gasteiger partial charge in [-0.05, 0) is 0 Å². The lowest BCUT2D eigenvalue weighted by Gasteiger charge is -2.01. The first-order chi connectivity index (χ1) is 4.79. The Morgan fingerprint density at radius 3 is 2.20 bits per heavy atom. The first-order valence-corrected chi connectivity index (χ1v) is 5.93. The highest BCUT2D eigenvalue weighted by Gasteiger charge is 1.98. The van der Waals surface area contributed by atoms with Crippen LogP contribution in [0.1, 0.15) is 0 Å². The lowest BCUT2D eigenvalue weighted by molar-refractivity contribution is -0.620. The van der Waals surface area contributed by atoms with Gasteiger partial charge in [0.2, 0.25) is 0 Å². The van der Waals surface area contributed by atoms with Crippen molar-refractivity contribution in [1.82, 2.24) is 0 Å². The highest BCUT2D eigenvalue weighted by atomic mass is 35.9. The predicted octanol–water partition coefficient (Wildman–Crippen LogP) is 2.73. The van der Waals surface area contributed by atoms with E-state index in [0.29, 0.717) is 0 Å². The monoisotopic (exact) mass is 193 g/mol. The molecule has 0 N–H and O–H groups in total. The maximum Gasteiger partial charge on any atom is 0.117 e. The summed E-state index contributed by atoms with van der Waals surface area (Å²) >= 11 is 11.1. The normalized spacial score (nSPS) is 9.90. The molecule has 0 aromatic carbocycles. The van der Waals surface area contributed by atoms with E-state index in [4.69, 9.17) is 22.5 Å². The maximum atomic E-state index is 5.57. The van der Waals surface area contributed by atoms with Gasteiger partial charge < -0.3 is 4.57 Å². The average Bonchev–Trinajstić information content (AvgIpc) is 1.88. The number of hydrogen-bond donors (Lipinski definition) is 0. The van der Waals surface area contributed by atoms with E-state index in [1.807, 2.05) is 35.2 Å². The van der Waals surface area contributed by atoms with Crippen LogP contribution >= 0.6 is 29.1 Å². The average molecular weight is 194 g/mol. The second kappa shape index (κ2) is 4.02. The molecule has 0 saturated carbocycles. The van der Waals surface area contributed by atoms with Gasteiger partial charge in [-0.25, -0.2) is 0 Å². The molecule has 0 aliphatic heterocycles. The number of nitrogens with zero attached hydrogens (tertiary/aromatic N) is 1. The van der Waals surface area contributed by atoms with Crippen LogP contribution in [0.5, 0.6) is 0 Å². The summed E-state index contributed by atoms with van der Waals surface area (Å²) in [5.74, 6) is 0. The molecular weight excluding hydrogens is 188 g/mol. The van der Waals surface area contributed by atoms with Crippen molar-refractivity contribution in [3.05, 3.63) is 36.9 Å². The van der Waals surface area contributed by atoms with Crippen molar-refractivity contribution in [2.24, 2.45) is 0 Å². The summed E-state index contributed by atoms with van der Waals surface area (Å²) in [6, 6.07) is 5.78. The summed E-state index contributed by atoms with van der Waals surface area (Å²) in [6.07, 6.45) is 5.54. The molecule has 0 saturated heterocycles. The quantitative estimate of drug-likeness (QED) is 0.387. The topological polar surface area (TPSA) is 3.88 Å². The van der Waals surface area contributed by atoms with Crippen LogP contribution in [-0.4, -0.2) is 0 Å².